The number of hydrogen-bond acceptors (Lipinski definition) is 2. The van der Waals surface area contributed by atoms with E-state index in [1.165, 1.54) is 5.69 Å². The van der Waals surface area contributed by atoms with E-state index in [0.29, 0.717) is 12.0 Å². The summed E-state index contributed by atoms with van der Waals surface area (Å²) in [5.41, 5.74) is 1.19. The maximum absolute atomic E-state index is 5.93. The third kappa shape index (κ3) is 3.81. The number of rotatable bonds is 6. The van der Waals surface area contributed by atoms with E-state index < -0.39 is 0 Å². The standard InChI is InChI=1S/C12H21ClN2O/c1-9(2)12(8-16-4)14-6-11-5-10(13)7-15(11)3/h5,7,9,12,14H,6,8H2,1-4H3. The first-order valence-electron chi connectivity index (χ1n) is 5.57. The molecular weight excluding hydrogens is 224 g/mol. The Morgan fingerprint density at radius 1 is 1.50 bits per heavy atom. The molecule has 0 saturated carbocycles. The molecule has 1 N–H and O–H groups in total. The summed E-state index contributed by atoms with van der Waals surface area (Å²) in [6, 6.07) is 2.36. The zero-order valence-corrected chi connectivity index (χ0v) is 11.2. The van der Waals surface area contributed by atoms with Gasteiger partial charge in [-0.05, 0) is 12.0 Å². The Labute approximate surface area is 103 Å². The molecule has 0 fully saturated rings. The van der Waals surface area contributed by atoms with Gasteiger partial charge in [-0.15, -0.1) is 0 Å². The first-order valence-corrected chi connectivity index (χ1v) is 5.95. The second kappa shape index (κ2) is 6.28. The summed E-state index contributed by atoms with van der Waals surface area (Å²) in [5.74, 6) is 0.552. The van der Waals surface area contributed by atoms with Crippen molar-refractivity contribution in [3.63, 3.8) is 0 Å². The number of aryl methyl sites for hydroxylation is 1. The van der Waals surface area contributed by atoms with Crippen molar-refractivity contribution in [2.24, 2.45) is 13.0 Å². The molecule has 92 valence electrons. The average Bonchev–Trinajstić information content (AvgIpc) is 2.51. The van der Waals surface area contributed by atoms with Crippen LogP contribution >= 0.6 is 11.6 Å². The number of methoxy groups -OCH3 is 1. The van der Waals surface area contributed by atoms with Gasteiger partial charge in [0.1, 0.15) is 0 Å². The highest BCUT2D eigenvalue weighted by Gasteiger charge is 2.13. The first-order chi connectivity index (χ1) is 7.54. The molecule has 0 amide bonds. The zero-order valence-electron chi connectivity index (χ0n) is 10.5. The van der Waals surface area contributed by atoms with Gasteiger partial charge in [-0.2, -0.15) is 0 Å². The number of halogens is 1. The van der Waals surface area contributed by atoms with Crippen molar-refractivity contribution < 1.29 is 4.74 Å². The summed E-state index contributed by atoms with van der Waals surface area (Å²) in [7, 11) is 3.74. The average molecular weight is 245 g/mol. The van der Waals surface area contributed by atoms with E-state index in [9.17, 15) is 0 Å². The Balaban J connectivity index is 2.51. The number of ether oxygens (including phenoxy) is 1. The quantitative estimate of drug-likeness (QED) is 0.832. The molecule has 1 rings (SSSR count). The molecule has 4 heteroatoms. The molecule has 0 saturated heterocycles. The van der Waals surface area contributed by atoms with Crippen LogP contribution in [0.2, 0.25) is 5.02 Å². The fourth-order valence-corrected chi connectivity index (χ4v) is 1.92. The molecule has 0 radical (unpaired) electrons. The van der Waals surface area contributed by atoms with E-state index in [2.05, 4.69) is 19.2 Å². The molecule has 0 bridgehead atoms. The van der Waals surface area contributed by atoms with E-state index in [1.54, 1.807) is 7.11 Å². The third-order valence-electron chi connectivity index (χ3n) is 2.77. The lowest BCUT2D eigenvalue weighted by molar-refractivity contribution is 0.146. The van der Waals surface area contributed by atoms with Crippen LogP contribution < -0.4 is 5.32 Å². The fraction of sp³-hybridized carbons (Fsp3) is 0.667. The number of nitrogens with zero attached hydrogens (tertiary/aromatic N) is 1. The van der Waals surface area contributed by atoms with Crippen LogP contribution in [-0.4, -0.2) is 24.3 Å². The third-order valence-corrected chi connectivity index (χ3v) is 2.98. The molecule has 0 aliphatic heterocycles. The maximum atomic E-state index is 5.93. The first kappa shape index (κ1) is 13.6. The van der Waals surface area contributed by atoms with Crippen LogP contribution in [-0.2, 0) is 18.3 Å². The van der Waals surface area contributed by atoms with Gasteiger partial charge in [0.2, 0.25) is 0 Å². The van der Waals surface area contributed by atoms with Crippen LogP contribution in [0.4, 0.5) is 0 Å². The number of hydrogen-bond donors (Lipinski definition) is 1. The van der Waals surface area contributed by atoms with Crippen molar-refractivity contribution >= 4 is 11.6 Å². The van der Waals surface area contributed by atoms with Crippen LogP contribution in [0.15, 0.2) is 12.3 Å². The zero-order chi connectivity index (χ0) is 12.1. The lowest BCUT2D eigenvalue weighted by Crippen LogP contribution is -2.37. The highest BCUT2D eigenvalue weighted by atomic mass is 35.5. The van der Waals surface area contributed by atoms with E-state index in [0.717, 1.165) is 18.2 Å². The number of nitrogens with one attached hydrogen (secondary N) is 1. The van der Waals surface area contributed by atoms with E-state index >= 15 is 0 Å². The summed E-state index contributed by atoms with van der Waals surface area (Å²) < 4.78 is 7.23. The minimum atomic E-state index is 0.374. The van der Waals surface area contributed by atoms with Crippen molar-refractivity contribution in [3.8, 4) is 0 Å². The van der Waals surface area contributed by atoms with Gasteiger partial charge in [-0.3, -0.25) is 0 Å². The number of aromatic nitrogens is 1. The van der Waals surface area contributed by atoms with E-state index in [4.69, 9.17) is 16.3 Å². The van der Waals surface area contributed by atoms with Crippen LogP contribution in [0.5, 0.6) is 0 Å². The SMILES string of the molecule is COCC(NCc1cc(Cl)cn1C)C(C)C. The Hall–Kier alpha value is -0.510. The molecule has 1 unspecified atom stereocenters. The molecule has 1 aromatic rings. The van der Waals surface area contributed by atoms with Crippen molar-refractivity contribution in [3.05, 3.63) is 23.0 Å². The van der Waals surface area contributed by atoms with Crippen LogP contribution in [0.1, 0.15) is 19.5 Å². The second-order valence-corrected chi connectivity index (χ2v) is 4.88. The smallest absolute Gasteiger partial charge is 0.0618 e. The molecule has 3 nitrogen and oxygen atoms in total. The lowest BCUT2D eigenvalue weighted by Gasteiger charge is -2.21. The topological polar surface area (TPSA) is 26.2 Å². The summed E-state index contributed by atoms with van der Waals surface area (Å²) in [4.78, 5) is 0. The van der Waals surface area contributed by atoms with Crippen molar-refractivity contribution in [2.45, 2.75) is 26.4 Å². The minimum absolute atomic E-state index is 0.374. The van der Waals surface area contributed by atoms with Crippen molar-refractivity contribution in [1.29, 1.82) is 0 Å². The molecule has 1 heterocycles. The molecule has 1 aromatic heterocycles. The van der Waals surface area contributed by atoms with Crippen molar-refractivity contribution in [2.75, 3.05) is 13.7 Å². The Morgan fingerprint density at radius 3 is 2.62 bits per heavy atom. The van der Waals surface area contributed by atoms with Crippen molar-refractivity contribution in [1.82, 2.24) is 9.88 Å². The van der Waals surface area contributed by atoms with E-state index in [-0.39, 0.29) is 0 Å². The van der Waals surface area contributed by atoms with E-state index in [1.807, 2.05) is 23.9 Å². The molecule has 1 atom stereocenters. The minimum Gasteiger partial charge on any atom is -0.383 e. The summed E-state index contributed by atoms with van der Waals surface area (Å²) >= 11 is 5.93. The maximum Gasteiger partial charge on any atom is 0.0618 e. The largest absolute Gasteiger partial charge is 0.383 e. The normalized spacial score (nSPS) is 13.4. The highest BCUT2D eigenvalue weighted by molar-refractivity contribution is 6.30. The van der Waals surface area contributed by atoms with Gasteiger partial charge in [0.05, 0.1) is 11.6 Å². The van der Waals surface area contributed by atoms with Gasteiger partial charge in [-0.1, -0.05) is 25.4 Å². The van der Waals surface area contributed by atoms with Crippen LogP contribution in [0.25, 0.3) is 0 Å². The lowest BCUT2D eigenvalue weighted by atomic mass is 10.1. The Bertz CT molecular complexity index is 323. The van der Waals surface area contributed by atoms with Crippen LogP contribution in [0.3, 0.4) is 0 Å². The predicted molar refractivity (Wildman–Crippen MR) is 67.8 cm³/mol. The second-order valence-electron chi connectivity index (χ2n) is 4.45. The molecule has 0 aliphatic rings. The van der Waals surface area contributed by atoms with Gasteiger partial charge >= 0.3 is 0 Å². The van der Waals surface area contributed by atoms with Gasteiger partial charge in [0.25, 0.3) is 0 Å². The summed E-state index contributed by atoms with van der Waals surface area (Å²) in [5, 5.41) is 4.27. The summed E-state index contributed by atoms with van der Waals surface area (Å²) in [6.07, 6.45) is 1.92. The monoisotopic (exact) mass is 244 g/mol. The Morgan fingerprint density at radius 2 is 2.19 bits per heavy atom. The summed E-state index contributed by atoms with van der Waals surface area (Å²) in [6.45, 7) is 5.93. The Kier molecular flexibility index (Phi) is 5.32. The molecule has 16 heavy (non-hydrogen) atoms. The van der Waals surface area contributed by atoms with Gasteiger partial charge < -0.3 is 14.6 Å². The molecule has 0 aliphatic carbocycles. The molecular formula is C12H21ClN2O. The van der Waals surface area contributed by atoms with Gasteiger partial charge in [-0.25, -0.2) is 0 Å². The fourth-order valence-electron chi connectivity index (χ4n) is 1.64. The van der Waals surface area contributed by atoms with Gasteiger partial charge in [0.15, 0.2) is 0 Å². The molecule has 0 spiro atoms. The van der Waals surface area contributed by atoms with Crippen LogP contribution in [0, 0.1) is 5.92 Å². The highest BCUT2D eigenvalue weighted by Crippen LogP contribution is 2.13. The molecule has 0 aromatic carbocycles. The predicted octanol–water partition coefficient (Wildman–Crippen LogP) is 2.44. The van der Waals surface area contributed by atoms with Gasteiger partial charge in [0, 0.05) is 38.6 Å².